The van der Waals surface area contributed by atoms with Gasteiger partial charge < -0.3 is 26.3 Å². The van der Waals surface area contributed by atoms with E-state index in [0.717, 1.165) is 0 Å². The number of amides is 2. The summed E-state index contributed by atoms with van der Waals surface area (Å²) in [5.74, 6) is 0.529. The first-order chi connectivity index (χ1) is 8.17. The van der Waals surface area contributed by atoms with Gasteiger partial charge >= 0.3 is 6.03 Å². The Kier molecular flexibility index (Phi) is 5.25. The number of nitrogens with one attached hydrogen (secondary N) is 1. The fraction of sp³-hybridized carbons (Fsp3) is 0.364. The van der Waals surface area contributed by atoms with Crippen molar-refractivity contribution in [2.75, 3.05) is 25.6 Å². The summed E-state index contributed by atoms with van der Waals surface area (Å²) in [7, 11) is 1.56. The van der Waals surface area contributed by atoms with Crippen molar-refractivity contribution in [1.29, 1.82) is 0 Å². The molecule has 0 saturated heterocycles. The molecule has 0 radical (unpaired) electrons. The molecule has 0 aliphatic carbocycles. The molecule has 1 aromatic rings. The van der Waals surface area contributed by atoms with E-state index in [2.05, 4.69) is 5.32 Å². The fourth-order valence-electron chi connectivity index (χ4n) is 1.24. The van der Waals surface area contributed by atoms with E-state index in [9.17, 15) is 4.79 Å². The van der Waals surface area contributed by atoms with E-state index in [0.29, 0.717) is 24.6 Å². The third-order valence-corrected chi connectivity index (χ3v) is 2.17. The van der Waals surface area contributed by atoms with Crippen LogP contribution < -0.4 is 21.5 Å². The molecule has 2 amide bonds. The van der Waals surface area contributed by atoms with Gasteiger partial charge in [0.1, 0.15) is 18.5 Å². The number of urea groups is 1. The number of benzene rings is 1. The maximum absolute atomic E-state index is 10.8. The van der Waals surface area contributed by atoms with Crippen molar-refractivity contribution in [3.05, 3.63) is 24.3 Å². The SMILES string of the molecule is COC(CN)COc1ccccc1NC(N)=O. The number of hydrogen-bond donors (Lipinski definition) is 3. The van der Waals surface area contributed by atoms with Crippen LogP contribution in [0.1, 0.15) is 0 Å². The van der Waals surface area contributed by atoms with Gasteiger partial charge in [0.25, 0.3) is 0 Å². The van der Waals surface area contributed by atoms with Crippen molar-refractivity contribution in [3.8, 4) is 5.75 Å². The number of anilines is 1. The average Bonchev–Trinajstić information content (AvgIpc) is 2.31. The normalized spacial score (nSPS) is 11.9. The summed E-state index contributed by atoms with van der Waals surface area (Å²) in [6, 6.07) is 6.36. The summed E-state index contributed by atoms with van der Waals surface area (Å²) in [5, 5.41) is 2.47. The summed E-state index contributed by atoms with van der Waals surface area (Å²) in [5.41, 5.74) is 11.0. The van der Waals surface area contributed by atoms with E-state index in [-0.39, 0.29) is 6.10 Å². The molecular formula is C11H17N3O3. The van der Waals surface area contributed by atoms with Crippen molar-refractivity contribution in [2.24, 2.45) is 11.5 Å². The van der Waals surface area contributed by atoms with Gasteiger partial charge in [0.05, 0.1) is 5.69 Å². The predicted molar refractivity (Wildman–Crippen MR) is 65.0 cm³/mol. The van der Waals surface area contributed by atoms with E-state index in [1.807, 2.05) is 0 Å². The van der Waals surface area contributed by atoms with Crippen molar-refractivity contribution in [3.63, 3.8) is 0 Å². The first-order valence-corrected chi connectivity index (χ1v) is 5.18. The number of hydrogen-bond acceptors (Lipinski definition) is 4. The molecule has 94 valence electrons. The molecule has 1 atom stereocenters. The molecule has 0 spiro atoms. The Labute approximate surface area is 99.9 Å². The maximum Gasteiger partial charge on any atom is 0.316 e. The van der Waals surface area contributed by atoms with E-state index < -0.39 is 6.03 Å². The minimum absolute atomic E-state index is 0.184. The largest absolute Gasteiger partial charge is 0.489 e. The molecule has 6 nitrogen and oxygen atoms in total. The summed E-state index contributed by atoms with van der Waals surface area (Å²) >= 11 is 0. The summed E-state index contributed by atoms with van der Waals surface area (Å²) in [4.78, 5) is 10.8. The van der Waals surface area contributed by atoms with Crippen molar-refractivity contribution in [1.82, 2.24) is 0 Å². The Morgan fingerprint density at radius 1 is 1.47 bits per heavy atom. The Balaban J connectivity index is 2.66. The quantitative estimate of drug-likeness (QED) is 0.674. The number of rotatable bonds is 6. The van der Waals surface area contributed by atoms with Crippen LogP contribution in [0.3, 0.4) is 0 Å². The van der Waals surface area contributed by atoms with Crippen LogP contribution in [0.5, 0.6) is 5.75 Å². The number of para-hydroxylation sites is 2. The molecule has 17 heavy (non-hydrogen) atoms. The molecular weight excluding hydrogens is 222 g/mol. The molecule has 0 saturated carbocycles. The molecule has 1 aromatic carbocycles. The topological polar surface area (TPSA) is 99.6 Å². The molecule has 6 heteroatoms. The lowest BCUT2D eigenvalue weighted by molar-refractivity contribution is 0.0646. The molecule has 0 aromatic heterocycles. The molecule has 0 aliphatic rings. The van der Waals surface area contributed by atoms with Gasteiger partial charge in [-0.1, -0.05) is 12.1 Å². The zero-order valence-corrected chi connectivity index (χ0v) is 9.68. The molecule has 0 heterocycles. The maximum atomic E-state index is 10.8. The smallest absolute Gasteiger partial charge is 0.316 e. The lowest BCUT2D eigenvalue weighted by Crippen LogP contribution is -2.29. The van der Waals surface area contributed by atoms with Gasteiger partial charge in [0, 0.05) is 13.7 Å². The highest BCUT2D eigenvalue weighted by Gasteiger charge is 2.09. The lowest BCUT2D eigenvalue weighted by atomic mass is 10.3. The van der Waals surface area contributed by atoms with Crippen LogP contribution >= 0.6 is 0 Å². The van der Waals surface area contributed by atoms with Crippen molar-refractivity contribution >= 4 is 11.7 Å². The molecule has 1 rings (SSSR count). The van der Waals surface area contributed by atoms with Crippen molar-refractivity contribution < 1.29 is 14.3 Å². The lowest BCUT2D eigenvalue weighted by Gasteiger charge is -2.16. The van der Waals surface area contributed by atoms with Crippen LogP contribution in [-0.2, 0) is 4.74 Å². The minimum atomic E-state index is -0.636. The highest BCUT2D eigenvalue weighted by molar-refractivity contribution is 5.89. The predicted octanol–water partition coefficient (Wildman–Crippen LogP) is 0.530. The van der Waals surface area contributed by atoms with Gasteiger partial charge in [-0.2, -0.15) is 0 Å². The molecule has 1 unspecified atom stereocenters. The van der Waals surface area contributed by atoms with E-state index in [1.165, 1.54) is 0 Å². The summed E-state index contributed by atoms with van der Waals surface area (Å²) in [6.45, 7) is 0.673. The molecule has 5 N–H and O–H groups in total. The third kappa shape index (κ3) is 4.29. The van der Waals surface area contributed by atoms with Gasteiger partial charge in [-0.05, 0) is 12.1 Å². The number of ether oxygens (including phenoxy) is 2. The first kappa shape index (κ1) is 13.3. The number of primary amides is 1. The number of methoxy groups -OCH3 is 1. The standard InChI is InChI=1S/C11H17N3O3/c1-16-8(6-12)7-17-10-5-3-2-4-9(10)14-11(13)15/h2-5,8H,6-7,12H2,1H3,(H3,13,14,15). The minimum Gasteiger partial charge on any atom is -0.489 e. The number of carbonyl (C=O) groups excluding carboxylic acids is 1. The summed E-state index contributed by atoms with van der Waals surface area (Å²) < 4.78 is 10.6. The van der Waals surface area contributed by atoms with E-state index in [4.69, 9.17) is 20.9 Å². The van der Waals surface area contributed by atoms with Gasteiger partial charge in [-0.3, -0.25) is 0 Å². The molecule has 0 fully saturated rings. The monoisotopic (exact) mass is 239 g/mol. The molecule has 0 bridgehead atoms. The van der Waals surface area contributed by atoms with E-state index >= 15 is 0 Å². The second-order valence-electron chi connectivity index (χ2n) is 3.39. The average molecular weight is 239 g/mol. The van der Waals surface area contributed by atoms with Crippen LogP contribution in [0.4, 0.5) is 10.5 Å². The van der Waals surface area contributed by atoms with Gasteiger partial charge in [-0.15, -0.1) is 0 Å². The zero-order chi connectivity index (χ0) is 12.7. The highest BCUT2D eigenvalue weighted by Crippen LogP contribution is 2.23. The van der Waals surface area contributed by atoms with Crippen LogP contribution in [0.25, 0.3) is 0 Å². The number of carbonyl (C=O) groups is 1. The van der Waals surface area contributed by atoms with Crippen LogP contribution in [0.15, 0.2) is 24.3 Å². The molecule has 0 aliphatic heterocycles. The van der Waals surface area contributed by atoms with Crippen LogP contribution in [0.2, 0.25) is 0 Å². The third-order valence-electron chi connectivity index (χ3n) is 2.17. The Morgan fingerprint density at radius 2 is 2.18 bits per heavy atom. The Morgan fingerprint density at radius 3 is 2.76 bits per heavy atom. The summed E-state index contributed by atoms with van der Waals surface area (Å²) in [6.07, 6.45) is -0.184. The van der Waals surface area contributed by atoms with Crippen LogP contribution in [-0.4, -0.2) is 32.4 Å². The van der Waals surface area contributed by atoms with Crippen LogP contribution in [0, 0.1) is 0 Å². The van der Waals surface area contributed by atoms with Crippen molar-refractivity contribution in [2.45, 2.75) is 6.10 Å². The van der Waals surface area contributed by atoms with Gasteiger partial charge in [0.2, 0.25) is 0 Å². The first-order valence-electron chi connectivity index (χ1n) is 5.18. The Hall–Kier alpha value is -1.79. The second-order valence-corrected chi connectivity index (χ2v) is 3.39. The second kappa shape index (κ2) is 6.72. The Bertz CT molecular complexity index is 367. The van der Waals surface area contributed by atoms with E-state index in [1.54, 1.807) is 31.4 Å². The zero-order valence-electron chi connectivity index (χ0n) is 9.68. The van der Waals surface area contributed by atoms with Gasteiger partial charge in [-0.25, -0.2) is 4.79 Å². The highest BCUT2D eigenvalue weighted by atomic mass is 16.5. The fourth-order valence-corrected chi connectivity index (χ4v) is 1.24. The number of nitrogens with two attached hydrogens (primary N) is 2. The van der Waals surface area contributed by atoms with Gasteiger partial charge in [0.15, 0.2) is 0 Å².